The molecule has 5 nitrogen and oxygen atoms in total. The molecule has 0 radical (unpaired) electrons. The van der Waals surface area contributed by atoms with E-state index in [1.807, 2.05) is 30.3 Å². The number of benzene rings is 1. The van der Waals surface area contributed by atoms with Crippen LogP contribution in [0.25, 0.3) is 0 Å². The van der Waals surface area contributed by atoms with Crippen molar-refractivity contribution in [2.75, 3.05) is 12.4 Å². The molecule has 2 aromatic rings. The number of aliphatic hydroxyl groups is 1. The summed E-state index contributed by atoms with van der Waals surface area (Å²) in [5.41, 5.74) is 0. The molecule has 1 N–H and O–H groups in total. The minimum Gasteiger partial charge on any atom is -0.491 e. The van der Waals surface area contributed by atoms with Gasteiger partial charge in [-0.3, -0.25) is 0 Å². The van der Waals surface area contributed by atoms with Crippen molar-refractivity contribution in [1.29, 1.82) is 0 Å². The summed E-state index contributed by atoms with van der Waals surface area (Å²) in [6.07, 6.45) is 3.64. The number of aromatic nitrogens is 3. The molecule has 1 aliphatic carbocycles. The fraction of sp³-hybridized carbons (Fsp3) is 0.412. The van der Waals surface area contributed by atoms with E-state index in [9.17, 15) is 5.11 Å². The van der Waals surface area contributed by atoms with Gasteiger partial charge in [0, 0.05) is 22.7 Å². The predicted octanol–water partition coefficient (Wildman–Crippen LogP) is 3.64. The first-order valence-electron chi connectivity index (χ1n) is 7.90. The van der Waals surface area contributed by atoms with Crippen molar-refractivity contribution in [3.8, 4) is 5.75 Å². The molecule has 1 aliphatic rings. The third-order valence-electron chi connectivity index (χ3n) is 3.64. The second-order valence-electron chi connectivity index (χ2n) is 5.75. The van der Waals surface area contributed by atoms with Crippen LogP contribution in [0, 0.1) is 0 Å². The lowest BCUT2D eigenvalue weighted by Crippen LogP contribution is -2.20. The van der Waals surface area contributed by atoms with Crippen LogP contribution in [0.15, 0.2) is 46.5 Å². The maximum atomic E-state index is 10.2. The molecule has 3 rings (SSSR count). The quantitative estimate of drug-likeness (QED) is 0.505. The largest absolute Gasteiger partial charge is 0.491 e. The third kappa shape index (κ3) is 4.62. The maximum absolute atomic E-state index is 10.2. The van der Waals surface area contributed by atoms with E-state index in [1.54, 1.807) is 0 Å². The minimum absolute atomic E-state index is 0.245. The fourth-order valence-electron chi connectivity index (χ4n) is 2.32. The van der Waals surface area contributed by atoms with Gasteiger partial charge in [-0.15, -0.1) is 16.8 Å². The van der Waals surface area contributed by atoms with Gasteiger partial charge in [0.1, 0.15) is 18.2 Å². The molecule has 0 aliphatic heterocycles. The second kappa shape index (κ2) is 8.18. The number of aliphatic hydroxyl groups excluding tert-OH is 1. The number of hydrogen-bond acceptors (Lipinski definition) is 5. The van der Waals surface area contributed by atoms with Crippen molar-refractivity contribution < 1.29 is 9.84 Å². The lowest BCUT2D eigenvalue weighted by Gasteiger charge is -2.12. The Morgan fingerprint density at radius 1 is 1.46 bits per heavy atom. The smallest absolute Gasteiger partial charge is 0.191 e. The number of halogens is 1. The van der Waals surface area contributed by atoms with Gasteiger partial charge in [0.25, 0.3) is 0 Å². The van der Waals surface area contributed by atoms with Gasteiger partial charge >= 0.3 is 0 Å². The Morgan fingerprint density at radius 2 is 2.29 bits per heavy atom. The molecule has 24 heavy (non-hydrogen) atoms. The molecule has 7 heteroatoms. The van der Waals surface area contributed by atoms with Crippen molar-refractivity contribution in [3.05, 3.63) is 47.2 Å². The molecule has 0 bridgehead atoms. The molecular weight excluding hydrogens is 390 g/mol. The van der Waals surface area contributed by atoms with Crippen LogP contribution in [-0.4, -0.2) is 38.3 Å². The first kappa shape index (κ1) is 17.5. The third-order valence-corrected chi connectivity index (χ3v) is 5.25. The maximum Gasteiger partial charge on any atom is 0.191 e. The van der Waals surface area contributed by atoms with E-state index < -0.39 is 6.10 Å². The summed E-state index contributed by atoms with van der Waals surface area (Å²) in [4.78, 5) is 0. The van der Waals surface area contributed by atoms with Crippen LogP contribution in [0.5, 0.6) is 5.75 Å². The summed E-state index contributed by atoms with van der Waals surface area (Å²) in [5.74, 6) is 2.82. The zero-order chi connectivity index (χ0) is 16.9. The molecule has 0 amide bonds. The molecule has 0 spiro atoms. The highest BCUT2D eigenvalue weighted by Gasteiger charge is 2.30. The zero-order valence-electron chi connectivity index (χ0n) is 13.3. The molecule has 1 atom stereocenters. The van der Waals surface area contributed by atoms with Crippen molar-refractivity contribution in [2.24, 2.45) is 0 Å². The van der Waals surface area contributed by atoms with Crippen LogP contribution in [-0.2, 0) is 6.54 Å². The van der Waals surface area contributed by atoms with Gasteiger partial charge in [0.2, 0.25) is 0 Å². The average molecular weight is 410 g/mol. The first-order valence-corrected chi connectivity index (χ1v) is 9.68. The molecule has 128 valence electrons. The highest BCUT2D eigenvalue weighted by atomic mass is 79.9. The second-order valence-corrected chi connectivity index (χ2v) is 7.65. The SMILES string of the molecule is C=CCn1c(SCC(O)COc2cccc(Br)c2)nnc1C1CC1. The number of ether oxygens (including phenoxy) is 1. The van der Waals surface area contributed by atoms with Gasteiger partial charge in [-0.05, 0) is 31.0 Å². The molecule has 0 saturated heterocycles. The van der Waals surface area contributed by atoms with Crippen LogP contribution in [0.2, 0.25) is 0 Å². The Kier molecular flexibility index (Phi) is 5.97. The molecule has 1 saturated carbocycles. The monoisotopic (exact) mass is 409 g/mol. The van der Waals surface area contributed by atoms with Crippen molar-refractivity contribution in [2.45, 2.75) is 36.6 Å². The highest BCUT2D eigenvalue weighted by molar-refractivity contribution is 9.10. The zero-order valence-corrected chi connectivity index (χ0v) is 15.7. The minimum atomic E-state index is -0.577. The molecular formula is C17H20BrN3O2S. The van der Waals surface area contributed by atoms with Gasteiger partial charge in [-0.1, -0.05) is 39.8 Å². The summed E-state index contributed by atoms with van der Waals surface area (Å²) in [6.45, 7) is 4.75. The number of thioether (sulfide) groups is 1. The Hall–Kier alpha value is -1.31. The number of hydrogen-bond donors (Lipinski definition) is 1. The van der Waals surface area contributed by atoms with E-state index in [1.165, 1.54) is 24.6 Å². The van der Waals surface area contributed by atoms with Gasteiger partial charge in [0.15, 0.2) is 5.16 Å². The van der Waals surface area contributed by atoms with Gasteiger partial charge < -0.3 is 14.4 Å². The molecule has 1 fully saturated rings. The topological polar surface area (TPSA) is 60.2 Å². The summed E-state index contributed by atoms with van der Waals surface area (Å²) in [5, 5.41) is 19.6. The van der Waals surface area contributed by atoms with Crippen LogP contribution in [0.3, 0.4) is 0 Å². The Morgan fingerprint density at radius 3 is 3.00 bits per heavy atom. The standard InChI is InChI=1S/C17H20BrN3O2S/c1-2-8-21-16(12-6-7-12)19-20-17(21)24-11-14(22)10-23-15-5-3-4-13(18)9-15/h2-5,9,12,14,22H,1,6-8,10-11H2. The Bertz CT molecular complexity index is 703. The van der Waals surface area contributed by atoms with E-state index in [0.29, 0.717) is 18.2 Å². The molecule has 1 unspecified atom stereocenters. The van der Waals surface area contributed by atoms with E-state index in [4.69, 9.17) is 4.74 Å². The van der Waals surface area contributed by atoms with Crippen molar-refractivity contribution >= 4 is 27.7 Å². The van der Waals surface area contributed by atoms with Crippen LogP contribution < -0.4 is 4.74 Å². The van der Waals surface area contributed by atoms with Crippen LogP contribution >= 0.6 is 27.7 Å². The van der Waals surface area contributed by atoms with E-state index in [0.717, 1.165) is 21.2 Å². The molecule has 1 heterocycles. The first-order chi connectivity index (χ1) is 11.7. The summed E-state index contributed by atoms with van der Waals surface area (Å²) < 4.78 is 8.66. The lowest BCUT2D eigenvalue weighted by molar-refractivity contribution is 0.126. The molecule has 1 aromatic carbocycles. The average Bonchev–Trinajstić information content (AvgIpc) is 3.34. The normalized spacial score (nSPS) is 15.2. The highest BCUT2D eigenvalue weighted by Crippen LogP contribution is 2.40. The van der Waals surface area contributed by atoms with Gasteiger partial charge in [-0.2, -0.15) is 0 Å². The summed E-state index contributed by atoms with van der Waals surface area (Å²) in [6, 6.07) is 7.58. The summed E-state index contributed by atoms with van der Waals surface area (Å²) in [7, 11) is 0. The predicted molar refractivity (Wildman–Crippen MR) is 98.6 cm³/mol. The van der Waals surface area contributed by atoms with Gasteiger partial charge in [0.05, 0.1) is 6.10 Å². The van der Waals surface area contributed by atoms with Gasteiger partial charge in [-0.25, -0.2) is 0 Å². The van der Waals surface area contributed by atoms with Crippen LogP contribution in [0.4, 0.5) is 0 Å². The Labute approximate surface area is 154 Å². The summed E-state index contributed by atoms with van der Waals surface area (Å²) >= 11 is 4.90. The van der Waals surface area contributed by atoms with Crippen molar-refractivity contribution in [3.63, 3.8) is 0 Å². The molecule has 1 aromatic heterocycles. The van der Waals surface area contributed by atoms with E-state index in [-0.39, 0.29) is 6.61 Å². The van der Waals surface area contributed by atoms with E-state index in [2.05, 4.69) is 37.3 Å². The van der Waals surface area contributed by atoms with E-state index >= 15 is 0 Å². The van der Waals surface area contributed by atoms with Crippen LogP contribution in [0.1, 0.15) is 24.6 Å². The van der Waals surface area contributed by atoms with Crippen molar-refractivity contribution in [1.82, 2.24) is 14.8 Å². The Balaban J connectivity index is 1.52. The number of rotatable bonds is 9. The fourth-order valence-corrected chi connectivity index (χ4v) is 3.56. The lowest BCUT2D eigenvalue weighted by atomic mass is 10.3. The number of allylic oxidation sites excluding steroid dienone is 1. The number of nitrogens with zero attached hydrogens (tertiary/aromatic N) is 3.